The van der Waals surface area contributed by atoms with Gasteiger partial charge in [-0.2, -0.15) is 5.10 Å². The molecular formula is C16H22N4O. The lowest BCUT2D eigenvalue weighted by Gasteiger charge is -2.34. The average Bonchev–Trinajstić information content (AvgIpc) is 2.95. The molecule has 1 aliphatic heterocycles. The van der Waals surface area contributed by atoms with Crippen LogP contribution in [0.25, 0.3) is 10.9 Å². The third-order valence-corrected chi connectivity index (χ3v) is 4.30. The maximum Gasteiger partial charge on any atom is 0.251 e. The summed E-state index contributed by atoms with van der Waals surface area (Å²) in [4.78, 5) is 14.8. The minimum Gasteiger partial charge on any atom is -0.349 e. The van der Waals surface area contributed by atoms with Gasteiger partial charge in [-0.1, -0.05) is 6.07 Å². The summed E-state index contributed by atoms with van der Waals surface area (Å²) in [7, 11) is 0. The lowest BCUT2D eigenvalue weighted by Crippen LogP contribution is -2.46. The molecule has 2 N–H and O–H groups in total. The van der Waals surface area contributed by atoms with Crippen molar-refractivity contribution in [3.8, 4) is 0 Å². The zero-order valence-electron chi connectivity index (χ0n) is 12.6. The van der Waals surface area contributed by atoms with Crippen LogP contribution in [-0.2, 0) is 0 Å². The predicted molar refractivity (Wildman–Crippen MR) is 83.3 cm³/mol. The highest BCUT2D eigenvalue weighted by Gasteiger charge is 2.22. The van der Waals surface area contributed by atoms with Crippen LogP contribution in [-0.4, -0.2) is 46.2 Å². The molecule has 1 aromatic heterocycles. The van der Waals surface area contributed by atoms with Crippen molar-refractivity contribution in [2.75, 3.05) is 13.1 Å². The van der Waals surface area contributed by atoms with E-state index in [2.05, 4.69) is 34.3 Å². The Hall–Kier alpha value is -1.88. The SMILES string of the molecule is CC(C)N1CCC(NC(=O)c2ccc3cn[nH]c3c2)CC1. The minimum absolute atomic E-state index is 0.00879. The highest BCUT2D eigenvalue weighted by molar-refractivity contribution is 5.97. The zero-order chi connectivity index (χ0) is 14.8. The molecule has 2 aromatic rings. The van der Waals surface area contributed by atoms with E-state index in [0.29, 0.717) is 11.6 Å². The van der Waals surface area contributed by atoms with E-state index in [4.69, 9.17) is 0 Å². The Bertz CT molecular complexity index is 626. The minimum atomic E-state index is 0.00879. The number of fused-ring (bicyclic) bond motifs is 1. The number of amides is 1. The fraction of sp³-hybridized carbons (Fsp3) is 0.500. The highest BCUT2D eigenvalue weighted by Crippen LogP contribution is 2.15. The van der Waals surface area contributed by atoms with Crippen molar-refractivity contribution in [2.24, 2.45) is 0 Å². The Morgan fingerprint density at radius 1 is 1.38 bits per heavy atom. The van der Waals surface area contributed by atoms with Crippen LogP contribution in [0.5, 0.6) is 0 Å². The summed E-state index contributed by atoms with van der Waals surface area (Å²) in [6.45, 7) is 6.56. The Labute approximate surface area is 124 Å². The molecule has 112 valence electrons. The molecule has 21 heavy (non-hydrogen) atoms. The smallest absolute Gasteiger partial charge is 0.251 e. The number of piperidine rings is 1. The van der Waals surface area contributed by atoms with E-state index in [1.54, 1.807) is 6.20 Å². The molecule has 1 fully saturated rings. The first-order valence-electron chi connectivity index (χ1n) is 7.61. The van der Waals surface area contributed by atoms with Crippen LogP contribution in [0.1, 0.15) is 37.0 Å². The molecule has 1 saturated heterocycles. The van der Waals surface area contributed by atoms with E-state index in [0.717, 1.165) is 36.8 Å². The predicted octanol–water partition coefficient (Wildman–Crippen LogP) is 2.17. The Morgan fingerprint density at radius 3 is 2.86 bits per heavy atom. The van der Waals surface area contributed by atoms with Crippen LogP contribution < -0.4 is 5.32 Å². The number of nitrogens with one attached hydrogen (secondary N) is 2. The van der Waals surface area contributed by atoms with Gasteiger partial charge in [0.15, 0.2) is 0 Å². The van der Waals surface area contributed by atoms with Crippen molar-refractivity contribution >= 4 is 16.8 Å². The largest absolute Gasteiger partial charge is 0.349 e. The second-order valence-electron chi connectivity index (χ2n) is 6.05. The number of aromatic amines is 1. The van der Waals surface area contributed by atoms with Crippen LogP contribution in [0.2, 0.25) is 0 Å². The van der Waals surface area contributed by atoms with Gasteiger partial charge in [0, 0.05) is 36.1 Å². The van der Waals surface area contributed by atoms with Gasteiger partial charge in [0.05, 0.1) is 11.7 Å². The van der Waals surface area contributed by atoms with Gasteiger partial charge >= 0.3 is 0 Å². The summed E-state index contributed by atoms with van der Waals surface area (Å²) in [6.07, 6.45) is 3.81. The first kappa shape index (κ1) is 14.1. The zero-order valence-corrected chi connectivity index (χ0v) is 12.6. The summed E-state index contributed by atoms with van der Waals surface area (Å²) < 4.78 is 0. The molecule has 3 rings (SSSR count). The summed E-state index contributed by atoms with van der Waals surface area (Å²) in [5.74, 6) is 0.00879. The van der Waals surface area contributed by atoms with Crippen molar-refractivity contribution in [2.45, 2.75) is 38.8 Å². The van der Waals surface area contributed by atoms with E-state index in [1.807, 2.05) is 18.2 Å². The first-order chi connectivity index (χ1) is 10.1. The number of H-pyrrole nitrogens is 1. The lowest BCUT2D eigenvalue weighted by atomic mass is 10.0. The molecule has 1 aromatic carbocycles. The van der Waals surface area contributed by atoms with E-state index in [9.17, 15) is 4.79 Å². The molecule has 0 bridgehead atoms. The molecular weight excluding hydrogens is 264 g/mol. The number of carbonyl (C=O) groups excluding carboxylic acids is 1. The summed E-state index contributed by atoms with van der Waals surface area (Å²) in [5, 5.41) is 11.1. The third-order valence-electron chi connectivity index (χ3n) is 4.30. The number of carbonyl (C=O) groups is 1. The average molecular weight is 286 g/mol. The molecule has 0 spiro atoms. The maximum absolute atomic E-state index is 12.3. The Morgan fingerprint density at radius 2 is 2.14 bits per heavy atom. The van der Waals surface area contributed by atoms with Crippen molar-refractivity contribution < 1.29 is 4.79 Å². The first-order valence-corrected chi connectivity index (χ1v) is 7.61. The number of hydrogen-bond acceptors (Lipinski definition) is 3. The van der Waals surface area contributed by atoms with Crippen LogP contribution >= 0.6 is 0 Å². The molecule has 0 atom stereocenters. The summed E-state index contributed by atoms with van der Waals surface area (Å²) in [5.41, 5.74) is 1.59. The molecule has 0 aliphatic carbocycles. The summed E-state index contributed by atoms with van der Waals surface area (Å²) >= 11 is 0. The highest BCUT2D eigenvalue weighted by atomic mass is 16.1. The number of hydrogen-bond donors (Lipinski definition) is 2. The van der Waals surface area contributed by atoms with Gasteiger partial charge in [-0.25, -0.2) is 0 Å². The number of rotatable bonds is 3. The van der Waals surface area contributed by atoms with Gasteiger partial charge in [-0.15, -0.1) is 0 Å². The van der Waals surface area contributed by atoms with Crippen molar-refractivity contribution in [3.63, 3.8) is 0 Å². The maximum atomic E-state index is 12.3. The second kappa shape index (κ2) is 5.85. The second-order valence-corrected chi connectivity index (χ2v) is 6.05. The van der Waals surface area contributed by atoms with Crippen LogP contribution in [0.15, 0.2) is 24.4 Å². The van der Waals surface area contributed by atoms with Gasteiger partial charge in [0.1, 0.15) is 0 Å². The number of aromatic nitrogens is 2. The standard InChI is InChI=1S/C16H22N4O/c1-11(2)20-7-5-14(6-8-20)18-16(21)12-3-4-13-10-17-19-15(13)9-12/h3-4,9-11,14H,5-8H2,1-2H3,(H,17,19)(H,18,21). The van der Waals surface area contributed by atoms with Crippen molar-refractivity contribution in [1.29, 1.82) is 0 Å². The van der Waals surface area contributed by atoms with Crippen molar-refractivity contribution in [3.05, 3.63) is 30.0 Å². The van der Waals surface area contributed by atoms with E-state index in [1.165, 1.54) is 0 Å². The van der Waals surface area contributed by atoms with Crippen LogP contribution in [0.3, 0.4) is 0 Å². The Balaban J connectivity index is 1.61. The fourth-order valence-electron chi connectivity index (χ4n) is 2.91. The van der Waals surface area contributed by atoms with Gasteiger partial charge in [0.2, 0.25) is 0 Å². The quantitative estimate of drug-likeness (QED) is 0.909. The summed E-state index contributed by atoms with van der Waals surface area (Å²) in [6, 6.07) is 6.52. The lowest BCUT2D eigenvalue weighted by molar-refractivity contribution is 0.0901. The number of benzene rings is 1. The van der Waals surface area contributed by atoms with Gasteiger partial charge in [-0.3, -0.25) is 9.89 Å². The van der Waals surface area contributed by atoms with Crippen LogP contribution in [0.4, 0.5) is 0 Å². The number of nitrogens with zero attached hydrogens (tertiary/aromatic N) is 2. The normalized spacial score (nSPS) is 17.5. The molecule has 0 unspecified atom stereocenters. The topological polar surface area (TPSA) is 61.0 Å². The Kier molecular flexibility index (Phi) is 3.92. The molecule has 0 saturated carbocycles. The monoisotopic (exact) mass is 286 g/mol. The van der Waals surface area contributed by atoms with Crippen molar-refractivity contribution in [1.82, 2.24) is 20.4 Å². The molecule has 1 aliphatic rings. The molecule has 0 radical (unpaired) electrons. The molecule has 5 nitrogen and oxygen atoms in total. The molecule has 5 heteroatoms. The fourth-order valence-corrected chi connectivity index (χ4v) is 2.91. The van der Waals surface area contributed by atoms with E-state index < -0.39 is 0 Å². The van der Waals surface area contributed by atoms with E-state index in [-0.39, 0.29) is 11.9 Å². The third kappa shape index (κ3) is 3.08. The number of likely N-dealkylation sites (tertiary alicyclic amines) is 1. The molecule has 2 heterocycles. The van der Waals surface area contributed by atoms with E-state index >= 15 is 0 Å². The van der Waals surface area contributed by atoms with Gasteiger partial charge < -0.3 is 10.2 Å². The molecule has 1 amide bonds. The van der Waals surface area contributed by atoms with Gasteiger partial charge in [-0.05, 0) is 38.8 Å². The van der Waals surface area contributed by atoms with Crippen LogP contribution in [0, 0.1) is 0 Å². The van der Waals surface area contributed by atoms with Gasteiger partial charge in [0.25, 0.3) is 5.91 Å².